The minimum absolute atomic E-state index is 0.0124. The number of benzene rings is 3. The van der Waals surface area contributed by atoms with Gasteiger partial charge < -0.3 is 15.1 Å². The topological polar surface area (TPSA) is 83.4 Å². The molecule has 2 amide bonds. The van der Waals surface area contributed by atoms with Crippen molar-refractivity contribution in [3.05, 3.63) is 83.9 Å². The molecule has 1 atom stereocenters. The molecule has 8 heteroatoms. The third-order valence-corrected chi connectivity index (χ3v) is 6.00. The number of amides is 2. The summed E-state index contributed by atoms with van der Waals surface area (Å²) in [5.41, 5.74) is 5.28. The van der Waals surface area contributed by atoms with E-state index in [0.717, 1.165) is 27.8 Å². The average molecular weight is 471 g/mol. The molecular weight excluding hydrogens is 440 g/mol. The van der Waals surface area contributed by atoms with Crippen molar-refractivity contribution in [1.29, 1.82) is 0 Å². The molecule has 1 unspecified atom stereocenters. The number of fused-ring (bicyclic) bond motifs is 1. The molecule has 0 saturated heterocycles. The SMILES string of the molecule is Cc1ccc(CN(C(=O)Cn2nnc3ccccc32)C(C)C(=O)Nc2ccc(N(C)C)cc2)cc1. The highest BCUT2D eigenvalue weighted by Gasteiger charge is 2.27. The lowest BCUT2D eigenvalue weighted by molar-refractivity contribution is -0.139. The van der Waals surface area contributed by atoms with Gasteiger partial charge in [-0.1, -0.05) is 47.2 Å². The summed E-state index contributed by atoms with van der Waals surface area (Å²) < 4.78 is 1.57. The second kappa shape index (κ2) is 10.4. The third-order valence-electron chi connectivity index (χ3n) is 6.00. The van der Waals surface area contributed by atoms with Gasteiger partial charge in [0.05, 0.1) is 5.52 Å². The number of rotatable bonds is 8. The summed E-state index contributed by atoms with van der Waals surface area (Å²) in [5.74, 6) is -0.474. The average Bonchev–Trinajstić information content (AvgIpc) is 3.26. The molecule has 0 saturated carbocycles. The second-order valence-corrected chi connectivity index (χ2v) is 8.85. The molecule has 4 rings (SSSR count). The van der Waals surface area contributed by atoms with Crippen LogP contribution in [0.2, 0.25) is 0 Å². The first-order valence-electron chi connectivity index (χ1n) is 11.5. The van der Waals surface area contributed by atoms with Crippen molar-refractivity contribution in [3.8, 4) is 0 Å². The Hall–Kier alpha value is -4.20. The van der Waals surface area contributed by atoms with E-state index in [-0.39, 0.29) is 18.4 Å². The zero-order chi connectivity index (χ0) is 24.9. The van der Waals surface area contributed by atoms with E-state index in [0.29, 0.717) is 12.2 Å². The van der Waals surface area contributed by atoms with Gasteiger partial charge in [0.1, 0.15) is 18.1 Å². The van der Waals surface area contributed by atoms with Crippen LogP contribution >= 0.6 is 0 Å². The maximum Gasteiger partial charge on any atom is 0.246 e. The molecule has 8 nitrogen and oxygen atoms in total. The monoisotopic (exact) mass is 470 g/mol. The number of hydrogen-bond donors (Lipinski definition) is 1. The first-order valence-corrected chi connectivity index (χ1v) is 11.5. The minimum Gasteiger partial charge on any atom is -0.378 e. The highest BCUT2D eigenvalue weighted by molar-refractivity contribution is 5.97. The molecule has 0 aliphatic rings. The van der Waals surface area contributed by atoms with Crippen LogP contribution in [-0.4, -0.2) is 51.8 Å². The fourth-order valence-corrected chi connectivity index (χ4v) is 3.82. The van der Waals surface area contributed by atoms with E-state index in [1.807, 2.05) is 98.7 Å². The van der Waals surface area contributed by atoms with Gasteiger partial charge in [-0.3, -0.25) is 9.59 Å². The van der Waals surface area contributed by atoms with Crippen molar-refractivity contribution in [3.63, 3.8) is 0 Å². The van der Waals surface area contributed by atoms with Gasteiger partial charge in [-0.25, -0.2) is 4.68 Å². The molecule has 0 spiro atoms. The smallest absolute Gasteiger partial charge is 0.246 e. The van der Waals surface area contributed by atoms with Gasteiger partial charge in [0, 0.05) is 32.0 Å². The normalized spacial score (nSPS) is 11.8. The summed E-state index contributed by atoms with van der Waals surface area (Å²) in [7, 11) is 3.92. The van der Waals surface area contributed by atoms with Crippen LogP contribution in [-0.2, 0) is 22.7 Å². The number of aryl methyl sites for hydroxylation is 1. The number of nitrogens with one attached hydrogen (secondary N) is 1. The van der Waals surface area contributed by atoms with Crippen molar-refractivity contribution >= 4 is 34.2 Å². The zero-order valence-corrected chi connectivity index (χ0v) is 20.5. The summed E-state index contributed by atoms with van der Waals surface area (Å²) in [6.07, 6.45) is 0. The van der Waals surface area contributed by atoms with E-state index in [1.54, 1.807) is 16.5 Å². The highest BCUT2D eigenvalue weighted by atomic mass is 16.2. The van der Waals surface area contributed by atoms with E-state index in [4.69, 9.17) is 0 Å². The molecule has 0 bridgehead atoms. The van der Waals surface area contributed by atoms with Crippen molar-refractivity contribution in [2.75, 3.05) is 24.3 Å². The Labute approximate surface area is 205 Å². The Morgan fingerprint density at radius 1 is 0.971 bits per heavy atom. The molecule has 1 heterocycles. The van der Waals surface area contributed by atoms with E-state index < -0.39 is 6.04 Å². The largest absolute Gasteiger partial charge is 0.378 e. The summed E-state index contributed by atoms with van der Waals surface area (Å²) >= 11 is 0. The van der Waals surface area contributed by atoms with Gasteiger partial charge in [-0.2, -0.15) is 0 Å². The maximum absolute atomic E-state index is 13.5. The lowest BCUT2D eigenvalue weighted by atomic mass is 10.1. The number of hydrogen-bond acceptors (Lipinski definition) is 5. The minimum atomic E-state index is -0.702. The first kappa shape index (κ1) is 23.9. The number of para-hydroxylation sites is 1. The lowest BCUT2D eigenvalue weighted by Crippen LogP contribution is -2.46. The molecule has 0 fully saturated rings. The third kappa shape index (κ3) is 5.66. The molecule has 0 aliphatic heterocycles. The van der Waals surface area contributed by atoms with Crippen LogP contribution < -0.4 is 10.2 Å². The van der Waals surface area contributed by atoms with Crippen LogP contribution in [0.3, 0.4) is 0 Å². The molecular formula is C27H30N6O2. The first-order chi connectivity index (χ1) is 16.8. The summed E-state index contributed by atoms with van der Waals surface area (Å²) in [6.45, 7) is 4.05. The molecule has 0 radical (unpaired) electrons. The molecule has 0 aliphatic carbocycles. The van der Waals surface area contributed by atoms with E-state index >= 15 is 0 Å². The Morgan fingerprint density at radius 3 is 2.34 bits per heavy atom. The van der Waals surface area contributed by atoms with Crippen LogP contribution in [0.25, 0.3) is 11.0 Å². The van der Waals surface area contributed by atoms with Gasteiger partial charge in [-0.15, -0.1) is 5.10 Å². The standard InChI is InChI=1S/C27H30N6O2/c1-19-9-11-21(12-10-19)17-32(26(34)18-33-25-8-6-5-7-24(25)29-30-33)20(2)27(35)28-22-13-15-23(16-14-22)31(3)4/h5-16,20H,17-18H2,1-4H3,(H,28,35). The fraction of sp³-hybridized carbons (Fsp3) is 0.259. The second-order valence-electron chi connectivity index (χ2n) is 8.85. The maximum atomic E-state index is 13.5. The van der Waals surface area contributed by atoms with Crippen LogP contribution in [0.15, 0.2) is 72.8 Å². The van der Waals surface area contributed by atoms with Crippen LogP contribution in [0.4, 0.5) is 11.4 Å². The van der Waals surface area contributed by atoms with Gasteiger partial charge >= 0.3 is 0 Å². The summed E-state index contributed by atoms with van der Waals surface area (Å²) in [4.78, 5) is 30.3. The van der Waals surface area contributed by atoms with Gasteiger partial charge in [0.2, 0.25) is 11.8 Å². The van der Waals surface area contributed by atoms with Crippen molar-refractivity contribution in [1.82, 2.24) is 19.9 Å². The van der Waals surface area contributed by atoms with E-state index in [1.165, 1.54) is 0 Å². The van der Waals surface area contributed by atoms with Gasteiger partial charge in [0.25, 0.3) is 0 Å². The molecule has 35 heavy (non-hydrogen) atoms. The summed E-state index contributed by atoms with van der Waals surface area (Å²) in [6, 6.07) is 22.3. The van der Waals surface area contributed by atoms with Gasteiger partial charge in [-0.05, 0) is 55.8 Å². The van der Waals surface area contributed by atoms with Gasteiger partial charge in [0.15, 0.2) is 0 Å². The van der Waals surface area contributed by atoms with E-state index in [9.17, 15) is 9.59 Å². The number of aromatic nitrogens is 3. The van der Waals surface area contributed by atoms with Crippen LogP contribution in [0, 0.1) is 6.92 Å². The number of anilines is 2. The predicted molar refractivity (Wildman–Crippen MR) is 138 cm³/mol. The van der Waals surface area contributed by atoms with Crippen molar-refractivity contribution in [2.45, 2.75) is 33.0 Å². The zero-order valence-electron chi connectivity index (χ0n) is 20.5. The quantitative estimate of drug-likeness (QED) is 0.423. The molecule has 1 N–H and O–H groups in total. The number of carbonyl (C=O) groups excluding carboxylic acids is 2. The number of carbonyl (C=O) groups is 2. The highest BCUT2D eigenvalue weighted by Crippen LogP contribution is 2.18. The Morgan fingerprint density at radius 2 is 1.66 bits per heavy atom. The fourth-order valence-electron chi connectivity index (χ4n) is 3.82. The van der Waals surface area contributed by atoms with Crippen LogP contribution in [0.5, 0.6) is 0 Å². The molecule has 180 valence electrons. The Balaban J connectivity index is 1.55. The molecule has 1 aromatic heterocycles. The Kier molecular flexibility index (Phi) is 7.10. The summed E-state index contributed by atoms with van der Waals surface area (Å²) in [5, 5.41) is 11.2. The van der Waals surface area contributed by atoms with E-state index in [2.05, 4.69) is 15.6 Å². The van der Waals surface area contributed by atoms with Crippen molar-refractivity contribution < 1.29 is 9.59 Å². The van der Waals surface area contributed by atoms with Crippen molar-refractivity contribution in [2.24, 2.45) is 0 Å². The number of nitrogens with zero attached hydrogens (tertiary/aromatic N) is 5. The lowest BCUT2D eigenvalue weighted by Gasteiger charge is -2.29. The molecule has 4 aromatic rings. The predicted octanol–water partition coefficient (Wildman–Crippen LogP) is 3.86. The molecule has 3 aromatic carbocycles. The van der Waals surface area contributed by atoms with Crippen LogP contribution in [0.1, 0.15) is 18.1 Å². The Bertz CT molecular complexity index is 1310.